The Labute approximate surface area is 151 Å². The van der Waals surface area contributed by atoms with Gasteiger partial charge >= 0.3 is 5.82 Å². The number of carbonyl (C=O) groups excluding carboxylic acids is 2. The molecule has 0 aliphatic rings. The minimum absolute atomic E-state index is 0.0981. The highest BCUT2D eigenvalue weighted by molar-refractivity contribution is 9.10. The number of nitrogens with zero attached hydrogens (tertiary/aromatic N) is 3. The summed E-state index contributed by atoms with van der Waals surface area (Å²) in [4.78, 5) is 33.5. The molecule has 2 aromatic rings. The summed E-state index contributed by atoms with van der Waals surface area (Å²) < 4.78 is 2.09. The van der Waals surface area contributed by atoms with Gasteiger partial charge in [-0.2, -0.15) is 4.68 Å². The summed E-state index contributed by atoms with van der Waals surface area (Å²) in [7, 11) is 0. The van der Waals surface area contributed by atoms with Crippen LogP contribution in [0.5, 0.6) is 0 Å². The molecule has 132 valence electrons. The molecule has 25 heavy (non-hydrogen) atoms. The fourth-order valence-electron chi connectivity index (χ4n) is 1.96. The van der Waals surface area contributed by atoms with E-state index in [9.17, 15) is 19.7 Å². The zero-order valence-electron chi connectivity index (χ0n) is 13.1. The molecule has 0 aliphatic heterocycles. The maximum atomic E-state index is 11.9. The Morgan fingerprint density at radius 2 is 1.84 bits per heavy atom. The first kappa shape index (κ1) is 18.6. The van der Waals surface area contributed by atoms with Gasteiger partial charge in [0.25, 0.3) is 5.91 Å². The second kappa shape index (κ2) is 8.92. The Morgan fingerprint density at radius 1 is 1.16 bits per heavy atom. The third kappa shape index (κ3) is 5.99. The number of hydrogen-bond donors (Lipinski definition) is 2. The SMILES string of the molecule is O=C(Cn1ccc([N+](=O)[O-])n1)NCCCNC(=O)c1ccc(Br)cc1. The number of benzene rings is 1. The standard InChI is InChI=1S/C15H16BrN5O4/c16-12-4-2-11(3-5-12)15(23)18-8-1-7-17-14(22)10-20-9-6-13(19-20)21(24)25/h2-6,9H,1,7-8,10H2,(H,17,22)(H,18,23). The average Bonchev–Trinajstić information content (AvgIpc) is 3.03. The van der Waals surface area contributed by atoms with E-state index in [1.54, 1.807) is 24.3 Å². The highest BCUT2D eigenvalue weighted by Gasteiger charge is 2.13. The van der Waals surface area contributed by atoms with Crippen molar-refractivity contribution in [2.75, 3.05) is 13.1 Å². The molecular weight excluding hydrogens is 394 g/mol. The van der Waals surface area contributed by atoms with Crippen molar-refractivity contribution >= 4 is 33.6 Å². The first-order valence-corrected chi connectivity index (χ1v) is 8.23. The lowest BCUT2D eigenvalue weighted by atomic mass is 10.2. The van der Waals surface area contributed by atoms with Crippen LogP contribution in [0.1, 0.15) is 16.8 Å². The Hall–Kier alpha value is -2.75. The summed E-state index contributed by atoms with van der Waals surface area (Å²) in [5.74, 6) is -0.789. The molecule has 0 bridgehead atoms. The molecule has 0 fully saturated rings. The van der Waals surface area contributed by atoms with Gasteiger partial charge in [0.05, 0.1) is 17.4 Å². The molecule has 0 unspecified atom stereocenters. The van der Waals surface area contributed by atoms with E-state index in [1.807, 2.05) is 0 Å². The number of aromatic nitrogens is 2. The largest absolute Gasteiger partial charge is 0.389 e. The minimum Gasteiger partial charge on any atom is -0.358 e. The van der Waals surface area contributed by atoms with Crippen molar-refractivity contribution in [3.63, 3.8) is 0 Å². The summed E-state index contributed by atoms with van der Waals surface area (Å²) in [5, 5.41) is 19.6. The van der Waals surface area contributed by atoms with E-state index < -0.39 is 4.92 Å². The Bertz CT molecular complexity index is 760. The molecule has 1 heterocycles. The fourth-order valence-corrected chi connectivity index (χ4v) is 2.23. The quantitative estimate of drug-likeness (QED) is 0.388. The number of amides is 2. The van der Waals surface area contributed by atoms with Gasteiger partial charge in [-0.15, -0.1) is 0 Å². The maximum Gasteiger partial charge on any atom is 0.389 e. The van der Waals surface area contributed by atoms with Crippen molar-refractivity contribution < 1.29 is 14.5 Å². The normalized spacial score (nSPS) is 10.3. The average molecular weight is 410 g/mol. The van der Waals surface area contributed by atoms with Gasteiger partial charge in [0.2, 0.25) is 5.91 Å². The van der Waals surface area contributed by atoms with Crippen LogP contribution < -0.4 is 10.6 Å². The van der Waals surface area contributed by atoms with E-state index in [1.165, 1.54) is 16.9 Å². The van der Waals surface area contributed by atoms with Gasteiger partial charge in [-0.25, -0.2) is 0 Å². The van der Waals surface area contributed by atoms with Crippen LogP contribution in [-0.4, -0.2) is 39.6 Å². The van der Waals surface area contributed by atoms with Gasteiger partial charge < -0.3 is 20.7 Å². The molecule has 0 aliphatic carbocycles. The van der Waals surface area contributed by atoms with Crippen LogP contribution in [0.2, 0.25) is 0 Å². The number of rotatable bonds is 8. The third-order valence-electron chi connectivity index (χ3n) is 3.19. The van der Waals surface area contributed by atoms with Crippen molar-refractivity contribution in [1.82, 2.24) is 20.4 Å². The molecule has 0 saturated carbocycles. The molecular formula is C15H16BrN5O4. The summed E-state index contributed by atoms with van der Waals surface area (Å²) in [6.45, 7) is 0.699. The highest BCUT2D eigenvalue weighted by atomic mass is 79.9. The molecule has 2 rings (SSSR count). The van der Waals surface area contributed by atoms with E-state index in [-0.39, 0.29) is 24.2 Å². The summed E-state index contributed by atoms with van der Waals surface area (Å²) >= 11 is 3.30. The molecule has 2 N–H and O–H groups in total. The van der Waals surface area contributed by atoms with Gasteiger partial charge in [0, 0.05) is 23.1 Å². The summed E-state index contributed by atoms with van der Waals surface area (Å²) in [6.07, 6.45) is 1.93. The van der Waals surface area contributed by atoms with E-state index in [2.05, 4.69) is 31.7 Å². The van der Waals surface area contributed by atoms with Crippen LogP contribution in [0.25, 0.3) is 0 Å². The number of nitrogens with one attached hydrogen (secondary N) is 2. The topological polar surface area (TPSA) is 119 Å². The number of hydrogen-bond acceptors (Lipinski definition) is 5. The van der Waals surface area contributed by atoms with Gasteiger partial charge in [0.15, 0.2) is 0 Å². The van der Waals surface area contributed by atoms with Crippen molar-refractivity contribution in [3.05, 3.63) is 56.7 Å². The predicted molar refractivity (Wildman–Crippen MR) is 93.0 cm³/mol. The monoisotopic (exact) mass is 409 g/mol. The predicted octanol–water partition coefficient (Wildman–Crippen LogP) is 1.49. The van der Waals surface area contributed by atoms with Crippen LogP contribution in [-0.2, 0) is 11.3 Å². The molecule has 1 aromatic heterocycles. The summed E-state index contributed by atoms with van der Waals surface area (Å²) in [5.41, 5.74) is 0.563. The fraction of sp³-hybridized carbons (Fsp3) is 0.267. The second-order valence-corrected chi connectivity index (χ2v) is 6.01. The molecule has 0 radical (unpaired) electrons. The lowest BCUT2D eigenvalue weighted by Gasteiger charge is -2.06. The molecule has 0 atom stereocenters. The molecule has 2 amide bonds. The molecule has 1 aromatic carbocycles. The lowest BCUT2D eigenvalue weighted by Crippen LogP contribution is -2.31. The van der Waals surface area contributed by atoms with E-state index in [0.29, 0.717) is 25.1 Å². The number of nitro groups is 1. The first-order valence-electron chi connectivity index (χ1n) is 7.44. The zero-order valence-corrected chi connectivity index (χ0v) is 14.7. The molecule has 9 nitrogen and oxygen atoms in total. The Morgan fingerprint density at radius 3 is 2.48 bits per heavy atom. The van der Waals surface area contributed by atoms with Gasteiger partial charge in [-0.05, 0) is 35.6 Å². The smallest absolute Gasteiger partial charge is 0.358 e. The Balaban J connectivity index is 1.63. The van der Waals surface area contributed by atoms with Gasteiger partial charge in [0.1, 0.15) is 6.54 Å². The van der Waals surface area contributed by atoms with Crippen LogP contribution >= 0.6 is 15.9 Å². The first-order chi connectivity index (χ1) is 12.0. The van der Waals surface area contributed by atoms with Crippen molar-refractivity contribution in [2.24, 2.45) is 0 Å². The van der Waals surface area contributed by atoms with Crippen molar-refractivity contribution in [2.45, 2.75) is 13.0 Å². The van der Waals surface area contributed by atoms with Gasteiger partial charge in [-0.3, -0.25) is 9.59 Å². The van der Waals surface area contributed by atoms with Crippen LogP contribution in [0, 0.1) is 10.1 Å². The minimum atomic E-state index is -0.623. The third-order valence-corrected chi connectivity index (χ3v) is 3.72. The summed E-state index contributed by atoms with van der Waals surface area (Å²) in [6, 6.07) is 8.23. The van der Waals surface area contributed by atoms with Crippen LogP contribution in [0.15, 0.2) is 41.0 Å². The zero-order chi connectivity index (χ0) is 18.2. The highest BCUT2D eigenvalue weighted by Crippen LogP contribution is 2.10. The Kier molecular flexibility index (Phi) is 6.63. The molecule has 0 spiro atoms. The molecule has 10 heteroatoms. The number of carbonyl (C=O) groups is 2. The van der Waals surface area contributed by atoms with Crippen molar-refractivity contribution in [3.8, 4) is 0 Å². The molecule has 0 saturated heterocycles. The van der Waals surface area contributed by atoms with Crippen molar-refractivity contribution in [1.29, 1.82) is 0 Å². The van der Waals surface area contributed by atoms with E-state index in [4.69, 9.17) is 0 Å². The van der Waals surface area contributed by atoms with Crippen LogP contribution in [0.3, 0.4) is 0 Å². The van der Waals surface area contributed by atoms with E-state index >= 15 is 0 Å². The number of halogens is 1. The lowest BCUT2D eigenvalue weighted by molar-refractivity contribution is -0.389. The second-order valence-electron chi connectivity index (χ2n) is 5.09. The van der Waals surface area contributed by atoms with Gasteiger partial charge in [-0.1, -0.05) is 15.9 Å². The van der Waals surface area contributed by atoms with Crippen LogP contribution in [0.4, 0.5) is 5.82 Å². The maximum absolute atomic E-state index is 11.9. The van der Waals surface area contributed by atoms with E-state index in [0.717, 1.165) is 4.47 Å².